The summed E-state index contributed by atoms with van der Waals surface area (Å²) in [5.74, 6) is 1.73. The number of nitrogens with one attached hydrogen (secondary N) is 1. The first-order valence-electron chi connectivity index (χ1n) is 9.64. The van der Waals surface area contributed by atoms with Gasteiger partial charge in [-0.3, -0.25) is 4.90 Å². The molecular weight excluding hydrogens is 332 g/mol. The Morgan fingerprint density at radius 2 is 1.48 bits per heavy atom. The molecule has 3 aromatic carbocycles. The molecule has 3 heteroatoms. The number of piperazine rings is 1. The maximum atomic E-state index is 5.96. The molecule has 1 fully saturated rings. The first-order chi connectivity index (χ1) is 13.3. The van der Waals surface area contributed by atoms with Crippen LogP contribution in [0.3, 0.4) is 0 Å². The average molecular weight is 358 g/mol. The zero-order valence-corrected chi connectivity index (χ0v) is 15.8. The van der Waals surface area contributed by atoms with Crippen LogP contribution in [0.25, 0.3) is 0 Å². The standard InChI is InChI=1S/C24H26N2O/c1-19-6-5-7-21(18-19)24(26-16-14-25-15-17-26)20-10-12-23(13-11-20)27-22-8-3-2-4-9-22/h2-13,18,24-25H,14-17H2,1H3. The van der Waals surface area contributed by atoms with Gasteiger partial charge in [0, 0.05) is 26.2 Å². The molecule has 1 aliphatic rings. The van der Waals surface area contributed by atoms with Gasteiger partial charge < -0.3 is 10.1 Å². The van der Waals surface area contributed by atoms with Gasteiger partial charge in [-0.05, 0) is 42.3 Å². The van der Waals surface area contributed by atoms with E-state index in [0.717, 1.165) is 37.7 Å². The minimum absolute atomic E-state index is 0.276. The Morgan fingerprint density at radius 1 is 0.778 bits per heavy atom. The lowest BCUT2D eigenvalue weighted by Crippen LogP contribution is -2.45. The predicted octanol–water partition coefficient (Wildman–Crippen LogP) is 4.78. The van der Waals surface area contributed by atoms with Crippen molar-refractivity contribution < 1.29 is 4.74 Å². The zero-order chi connectivity index (χ0) is 18.5. The first-order valence-corrected chi connectivity index (χ1v) is 9.64. The van der Waals surface area contributed by atoms with Gasteiger partial charge in [-0.2, -0.15) is 0 Å². The number of ether oxygens (including phenoxy) is 1. The Morgan fingerprint density at radius 3 is 2.19 bits per heavy atom. The lowest BCUT2D eigenvalue weighted by molar-refractivity contribution is 0.198. The minimum atomic E-state index is 0.276. The zero-order valence-electron chi connectivity index (χ0n) is 15.8. The van der Waals surface area contributed by atoms with Crippen LogP contribution >= 0.6 is 0 Å². The Bertz CT molecular complexity index is 855. The quantitative estimate of drug-likeness (QED) is 0.710. The van der Waals surface area contributed by atoms with Gasteiger partial charge in [-0.1, -0.05) is 60.2 Å². The molecule has 3 nitrogen and oxygen atoms in total. The molecule has 0 bridgehead atoms. The van der Waals surface area contributed by atoms with E-state index in [2.05, 4.69) is 65.7 Å². The highest BCUT2D eigenvalue weighted by molar-refractivity contribution is 5.38. The minimum Gasteiger partial charge on any atom is -0.457 e. The molecule has 3 aromatic rings. The number of aryl methyl sites for hydroxylation is 1. The fourth-order valence-corrected chi connectivity index (χ4v) is 3.74. The van der Waals surface area contributed by atoms with Crippen molar-refractivity contribution in [3.05, 3.63) is 95.6 Å². The van der Waals surface area contributed by atoms with E-state index in [1.165, 1.54) is 16.7 Å². The highest BCUT2D eigenvalue weighted by Gasteiger charge is 2.24. The molecule has 1 atom stereocenters. The van der Waals surface area contributed by atoms with Crippen LogP contribution in [0.15, 0.2) is 78.9 Å². The van der Waals surface area contributed by atoms with E-state index in [0.29, 0.717) is 0 Å². The lowest BCUT2D eigenvalue weighted by Gasteiger charge is -2.35. The number of hydrogen-bond acceptors (Lipinski definition) is 3. The molecule has 0 spiro atoms. The van der Waals surface area contributed by atoms with E-state index in [9.17, 15) is 0 Å². The first kappa shape index (κ1) is 17.8. The fraction of sp³-hybridized carbons (Fsp3) is 0.250. The Hall–Kier alpha value is -2.62. The third-order valence-corrected chi connectivity index (χ3v) is 5.05. The van der Waals surface area contributed by atoms with Crippen LogP contribution < -0.4 is 10.1 Å². The second-order valence-corrected chi connectivity index (χ2v) is 7.09. The van der Waals surface area contributed by atoms with Crippen LogP contribution in [0.4, 0.5) is 0 Å². The van der Waals surface area contributed by atoms with E-state index in [4.69, 9.17) is 4.74 Å². The van der Waals surface area contributed by atoms with E-state index in [1.807, 2.05) is 30.3 Å². The summed E-state index contributed by atoms with van der Waals surface area (Å²) >= 11 is 0. The SMILES string of the molecule is Cc1cccc(C(c2ccc(Oc3ccccc3)cc2)N2CCNCC2)c1. The second kappa shape index (κ2) is 8.38. The summed E-state index contributed by atoms with van der Waals surface area (Å²) < 4.78 is 5.96. The maximum Gasteiger partial charge on any atom is 0.127 e. The molecule has 1 heterocycles. The molecular formula is C24H26N2O. The Labute approximate surface area is 161 Å². The van der Waals surface area contributed by atoms with Crippen molar-refractivity contribution in [1.82, 2.24) is 10.2 Å². The maximum absolute atomic E-state index is 5.96. The van der Waals surface area contributed by atoms with Crippen LogP contribution in [0.1, 0.15) is 22.7 Å². The summed E-state index contributed by atoms with van der Waals surface area (Å²) in [5, 5.41) is 3.46. The molecule has 0 amide bonds. The molecule has 4 rings (SSSR count). The van der Waals surface area contributed by atoms with Crippen molar-refractivity contribution in [3.8, 4) is 11.5 Å². The number of benzene rings is 3. The Balaban J connectivity index is 1.61. The van der Waals surface area contributed by atoms with Gasteiger partial charge in [0.25, 0.3) is 0 Å². The van der Waals surface area contributed by atoms with Gasteiger partial charge in [-0.15, -0.1) is 0 Å². The molecule has 1 aliphatic heterocycles. The van der Waals surface area contributed by atoms with Crippen LogP contribution in [0.5, 0.6) is 11.5 Å². The topological polar surface area (TPSA) is 24.5 Å². The van der Waals surface area contributed by atoms with E-state index in [1.54, 1.807) is 0 Å². The Kier molecular flexibility index (Phi) is 5.52. The summed E-state index contributed by atoms with van der Waals surface area (Å²) in [6.07, 6.45) is 0. The van der Waals surface area contributed by atoms with Crippen molar-refractivity contribution in [1.29, 1.82) is 0 Å². The molecule has 0 aromatic heterocycles. The molecule has 0 aliphatic carbocycles. The molecule has 1 unspecified atom stereocenters. The monoisotopic (exact) mass is 358 g/mol. The largest absolute Gasteiger partial charge is 0.457 e. The number of nitrogens with zero attached hydrogens (tertiary/aromatic N) is 1. The molecule has 0 radical (unpaired) electrons. The highest BCUT2D eigenvalue weighted by atomic mass is 16.5. The van der Waals surface area contributed by atoms with Crippen molar-refractivity contribution in [2.45, 2.75) is 13.0 Å². The molecule has 27 heavy (non-hydrogen) atoms. The van der Waals surface area contributed by atoms with E-state index >= 15 is 0 Å². The third kappa shape index (κ3) is 4.38. The molecule has 1 N–H and O–H groups in total. The number of para-hydroxylation sites is 1. The van der Waals surface area contributed by atoms with Crippen LogP contribution in [-0.4, -0.2) is 31.1 Å². The van der Waals surface area contributed by atoms with Crippen LogP contribution in [0.2, 0.25) is 0 Å². The van der Waals surface area contributed by atoms with Gasteiger partial charge in [0.1, 0.15) is 11.5 Å². The summed E-state index contributed by atoms with van der Waals surface area (Å²) in [6.45, 7) is 6.35. The molecule has 0 saturated carbocycles. The summed E-state index contributed by atoms with van der Waals surface area (Å²) in [4.78, 5) is 2.57. The van der Waals surface area contributed by atoms with Crippen molar-refractivity contribution in [2.24, 2.45) is 0 Å². The van der Waals surface area contributed by atoms with Crippen LogP contribution in [0, 0.1) is 6.92 Å². The predicted molar refractivity (Wildman–Crippen MR) is 110 cm³/mol. The van der Waals surface area contributed by atoms with Crippen molar-refractivity contribution in [3.63, 3.8) is 0 Å². The fourth-order valence-electron chi connectivity index (χ4n) is 3.74. The summed E-state index contributed by atoms with van der Waals surface area (Å²) in [7, 11) is 0. The average Bonchev–Trinajstić information content (AvgIpc) is 2.71. The number of rotatable bonds is 5. The molecule has 1 saturated heterocycles. The van der Waals surface area contributed by atoms with E-state index < -0.39 is 0 Å². The van der Waals surface area contributed by atoms with Gasteiger partial charge >= 0.3 is 0 Å². The van der Waals surface area contributed by atoms with Crippen molar-refractivity contribution in [2.75, 3.05) is 26.2 Å². The van der Waals surface area contributed by atoms with Gasteiger partial charge in [0.15, 0.2) is 0 Å². The number of hydrogen-bond donors (Lipinski definition) is 1. The third-order valence-electron chi connectivity index (χ3n) is 5.05. The van der Waals surface area contributed by atoms with Crippen molar-refractivity contribution >= 4 is 0 Å². The van der Waals surface area contributed by atoms with Gasteiger partial charge in [0.2, 0.25) is 0 Å². The molecule has 138 valence electrons. The normalized spacial score (nSPS) is 16.0. The van der Waals surface area contributed by atoms with Gasteiger partial charge in [0.05, 0.1) is 6.04 Å². The summed E-state index contributed by atoms with van der Waals surface area (Å²) in [6, 6.07) is 27.6. The van der Waals surface area contributed by atoms with Gasteiger partial charge in [-0.25, -0.2) is 0 Å². The lowest BCUT2D eigenvalue weighted by atomic mass is 9.95. The van der Waals surface area contributed by atoms with E-state index in [-0.39, 0.29) is 6.04 Å². The summed E-state index contributed by atoms with van der Waals surface area (Å²) in [5.41, 5.74) is 3.97. The second-order valence-electron chi connectivity index (χ2n) is 7.09. The smallest absolute Gasteiger partial charge is 0.127 e. The van der Waals surface area contributed by atoms with Crippen LogP contribution in [-0.2, 0) is 0 Å². The highest BCUT2D eigenvalue weighted by Crippen LogP contribution is 2.31.